The minimum atomic E-state index is -4.22. The van der Waals surface area contributed by atoms with Crippen LogP contribution in [0.15, 0.2) is 18.2 Å². The van der Waals surface area contributed by atoms with Gasteiger partial charge in [0.2, 0.25) is 0 Å². The lowest BCUT2D eigenvalue weighted by atomic mass is 9.98. The fourth-order valence-electron chi connectivity index (χ4n) is 2.60. The molecule has 1 aliphatic rings. The molecular formula is C14H17F4IN2. The van der Waals surface area contributed by atoms with Gasteiger partial charge in [-0.2, -0.15) is 13.2 Å². The maximum Gasteiger partial charge on any atom is 0.389 e. The summed E-state index contributed by atoms with van der Waals surface area (Å²) < 4.78 is 52.6. The molecular weight excluding hydrogens is 399 g/mol. The molecule has 0 radical (unpaired) electrons. The number of alkyl halides is 3. The van der Waals surface area contributed by atoms with Crippen molar-refractivity contribution in [3.8, 4) is 0 Å². The largest absolute Gasteiger partial charge is 0.389 e. The minimum Gasteiger partial charge on any atom is -0.314 e. The Morgan fingerprint density at radius 2 is 1.90 bits per heavy atom. The highest BCUT2D eigenvalue weighted by Crippen LogP contribution is 2.33. The molecule has 1 saturated heterocycles. The molecule has 2 nitrogen and oxygen atoms in total. The molecule has 1 N–H and O–H groups in total. The normalized spacial score (nSPS) is 18.7. The van der Waals surface area contributed by atoms with Crippen LogP contribution in [-0.4, -0.2) is 37.3 Å². The molecule has 7 heteroatoms. The van der Waals surface area contributed by atoms with Crippen LogP contribution < -0.4 is 5.32 Å². The number of halogens is 5. The zero-order valence-corrected chi connectivity index (χ0v) is 13.5. The molecule has 2 rings (SSSR count). The van der Waals surface area contributed by atoms with Crippen LogP contribution in [0.5, 0.6) is 0 Å². The number of hydrogen-bond acceptors (Lipinski definition) is 2. The van der Waals surface area contributed by atoms with Gasteiger partial charge in [0.05, 0.1) is 0 Å². The summed E-state index contributed by atoms with van der Waals surface area (Å²) in [5.41, 5.74) is 0.369. The third-order valence-electron chi connectivity index (χ3n) is 3.61. The Bertz CT molecular complexity index is 473. The van der Waals surface area contributed by atoms with Gasteiger partial charge in [0.25, 0.3) is 0 Å². The summed E-state index contributed by atoms with van der Waals surface area (Å²) in [5, 5.41) is 3.16. The monoisotopic (exact) mass is 416 g/mol. The Kier molecular flexibility index (Phi) is 5.84. The van der Waals surface area contributed by atoms with Crippen LogP contribution in [0.1, 0.15) is 24.4 Å². The van der Waals surface area contributed by atoms with Crippen molar-refractivity contribution >= 4 is 22.6 Å². The number of nitrogens with zero attached hydrogens (tertiary/aromatic N) is 1. The van der Waals surface area contributed by atoms with E-state index in [4.69, 9.17) is 0 Å². The Morgan fingerprint density at radius 3 is 2.52 bits per heavy atom. The van der Waals surface area contributed by atoms with Crippen LogP contribution in [0.3, 0.4) is 0 Å². The van der Waals surface area contributed by atoms with E-state index in [-0.39, 0.29) is 6.42 Å². The summed E-state index contributed by atoms with van der Waals surface area (Å²) in [6.07, 6.45) is -5.22. The van der Waals surface area contributed by atoms with Crippen LogP contribution in [-0.2, 0) is 0 Å². The van der Waals surface area contributed by atoms with Crippen molar-refractivity contribution in [1.29, 1.82) is 0 Å². The molecule has 1 atom stereocenters. The van der Waals surface area contributed by atoms with Gasteiger partial charge in [-0.3, -0.25) is 4.90 Å². The van der Waals surface area contributed by atoms with Gasteiger partial charge < -0.3 is 5.32 Å². The van der Waals surface area contributed by atoms with Crippen LogP contribution in [0.4, 0.5) is 17.6 Å². The van der Waals surface area contributed by atoms with Gasteiger partial charge in [0.15, 0.2) is 0 Å². The van der Waals surface area contributed by atoms with Crippen LogP contribution in [0, 0.1) is 9.39 Å². The molecule has 0 amide bonds. The molecule has 1 aromatic rings. The van der Waals surface area contributed by atoms with Crippen molar-refractivity contribution in [2.45, 2.75) is 25.1 Å². The molecule has 0 spiro atoms. The third-order valence-corrected chi connectivity index (χ3v) is 4.28. The lowest BCUT2D eigenvalue weighted by Crippen LogP contribution is -2.45. The Balaban J connectivity index is 2.23. The fraction of sp³-hybridized carbons (Fsp3) is 0.571. The highest BCUT2D eigenvalue weighted by Gasteiger charge is 2.32. The Hall–Kier alpha value is -0.410. The van der Waals surface area contributed by atoms with E-state index in [1.807, 2.05) is 4.90 Å². The standard InChI is InChI=1S/C14H17F4IN2/c15-12-2-1-10(19)9-11(12)13(3-4-14(16,17)18)21-7-5-20-6-8-21/h1-2,9,13,20H,3-8H2/t13-/m1/s1. The van der Waals surface area contributed by atoms with Gasteiger partial charge in [-0.15, -0.1) is 0 Å². The molecule has 1 heterocycles. The van der Waals surface area contributed by atoms with Gasteiger partial charge in [-0.25, -0.2) is 4.39 Å². The molecule has 118 valence electrons. The minimum absolute atomic E-state index is 0.111. The van der Waals surface area contributed by atoms with E-state index in [9.17, 15) is 17.6 Å². The zero-order chi connectivity index (χ0) is 15.5. The molecule has 0 aromatic heterocycles. The van der Waals surface area contributed by atoms with E-state index in [1.165, 1.54) is 6.07 Å². The first-order valence-corrected chi connectivity index (χ1v) is 7.91. The van der Waals surface area contributed by atoms with E-state index < -0.39 is 24.5 Å². The lowest BCUT2D eigenvalue weighted by Gasteiger charge is -2.35. The molecule has 21 heavy (non-hydrogen) atoms. The summed E-state index contributed by atoms with van der Waals surface area (Å²) in [4.78, 5) is 1.94. The van der Waals surface area contributed by atoms with Crippen molar-refractivity contribution in [1.82, 2.24) is 10.2 Å². The zero-order valence-electron chi connectivity index (χ0n) is 11.4. The van der Waals surface area contributed by atoms with Gasteiger partial charge in [-0.05, 0) is 47.2 Å². The molecule has 0 aliphatic carbocycles. The van der Waals surface area contributed by atoms with Crippen LogP contribution in [0.25, 0.3) is 0 Å². The number of rotatable bonds is 4. The van der Waals surface area contributed by atoms with Crippen molar-refractivity contribution in [3.63, 3.8) is 0 Å². The third kappa shape index (κ3) is 5.07. The number of benzene rings is 1. The van der Waals surface area contributed by atoms with Gasteiger partial charge in [-0.1, -0.05) is 0 Å². The number of hydrogen-bond donors (Lipinski definition) is 1. The first-order chi connectivity index (χ1) is 9.87. The van der Waals surface area contributed by atoms with Gasteiger partial charge in [0, 0.05) is 47.8 Å². The molecule has 1 aliphatic heterocycles. The van der Waals surface area contributed by atoms with Crippen LogP contribution >= 0.6 is 22.6 Å². The highest BCUT2D eigenvalue weighted by molar-refractivity contribution is 14.1. The predicted octanol–water partition coefficient (Wildman–Crippen LogP) is 3.72. The second-order valence-electron chi connectivity index (χ2n) is 5.12. The van der Waals surface area contributed by atoms with E-state index in [0.29, 0.717) is 31.7 Å². The number of piperazine rings is 1. The molecule has 0 unspecified atom stereocenters. The summed E-state index contributed by atoms with van der Waals surface area (Å²) in [6.45, 7) is 2.70. The number of nitrogens with one attached hydrogen (secondary N) is 1. The predicted molar refractivity (Wildman–Crippen MR) is 81.6 cm³/mol. The Labute approximate surface area is 135 Å². The Morgan fingerprint density at radius 1 is 1.24 bits per heavy atom. The second kappa shape index (κ2) is 7.23. The van der Waals surface area contributed by atoms with Crippen molar-refractivity contribution < 1.29 is 17.6 Å². The van der Waals surface area contributed by atoms with Crippen molar-refractivity contribution in [2.75, 3.05) is 26.2 Å². The smallest absolute Gasteiger partial charge is 0.314 e. The molecule has 0 bridgehead atoms. The van der Waals surface area contributed by atoms with E-state index in [2.05, 4.69) is 27.9 Å². The summed E-state index contributed by atoms with van der Waals surface area (Å²) >= 11 is 2.05. The van der Waals surface area contributed by atoms with Crippen LogP contribution in [0.2, 0.25) is 0 Å². The topological polar surface area (TPSA) is 15.3 Å². The summed E-state index contributed by atoms with van der Waals surface area (Å²) in [5.74, 6) is -0.430. The molecule has 1 aromatic carbocycles. The van der Waals surface area contributed by atoms with Gasteiger partial charge >= 0.3 is 6.18 Å². The lowest BCUT2D eigenvalue weighted by molar-refractivity contribution is -0.138. The first kappa shape index (κ1) is 17.0. The van der Waals surface area contributed by atoms with Gasteiger partial charge in [0.1, 0.15) is 5.82 Å². The molecule has 0 saturated carbocycles. The van der Waals surface area contributed by atoms with E-state index in [0.717, 1.165) is 3.57 Å². The second-order valence-corrected chi connectivity index (χ2v) is 6.37. The molecule has 1 fully saturated rings. The fourth-order valence-corrected chi connectivity index (χ4v) is 3.11. The SMILES string of the molecule is Fc1ccc(I)cc1[C@@H](CCC(F)(F)F)N1CCNCC1. The van der Waals surface area contributed by atoms with E-state index >= 15 is 0 Å². The summed E-state index contributed by atoms with van der Waals surface area (Å²) in [7, 11) is 0. The summed E-state index contributed by atoms with van der Waals surface area (Å²) in [6, 6.07) is 4.08. The maximum absolute atomic E-state index is 14.1. The highest BCUT2D eigenvalue weighted by atomic mass is 127. The van der Waals surface area contributed by atoms with E-state index in [1.54, 1.807) is 12.1 Å². The quantitative estimate of drug-likeness (QED) is 0.595. The maximum atomic E-state index is 14.1. The average molecular weight is 416 g/mol. The average Bonchev–Trinajstić information content (AvgIpc) is 2.43. The van der Waals surface area contributed by atoms with Crippen molar-refractivity contribution in [3.05, 3.63) is 33.1 Å². The first-order valence-electron chi connectivity index (χ1n) is 6.83. The van der Waals surface area contributed by atoms with Crippen molar-refractivity contribution in [2.24, 2.45) is 0 Å².